The summed E-state index contributed by atoms with van der Waals surface area (Å²) in [6.45, 7) is -0.260. The summed E-state index contributed by atoms with van der Waals surface area (Å²) in [5, 5.41) is 3.22. The van der Waals surface area contributed by atoms with Gasteiger partial charge in [-0.1, -0.05) is 77.7 Å². The summed E-state index contributed by atoms with van der Waals surface area (Å²) in [6, 6.07) is 23.4. The average molecular weight is 753 g/mol. The number of anilines is 1. The lowest BCUT2D eigenvalue weighted by atomic mass is 9.94. The third-order valence-electron chi connectivity index (χ3n) is 7.28. The number of nitrogens with one attached hydrogen (secondary N) is 1. The zero-order chi connectivity index (χ0) is 29.4. The smallest absolute Gasteiger partial charge is 0.244 e. The standard InChI is InChI=1S/C31H35BrIN3O4S/c1-41(39,40)36(28-18-16-26(33)17-19-28)22-30(37)35(21-24-12-14-25(32)15-13-24)29(20-23-8-4-2-5-9-23)31(38)34-27-10-6-3-7-11-27/h2,4-5,8-9,12-19,27,29H,3,6-7,10-11,20-22H2,1H3,(H,34,38). The molecule has 1 unspecified atom stereocenters. The fourth-order valence-electron chi connectivity index (χ4n) is 5.11. The molecule has 7 nitrogen and oxygen atoms in total. The second kappa shape index (κ2) is 14.6. The van der Waals surface area contributed by atoms with Gasteiger partial charge in [-0.25, -0.2) is 8.42 Å². The van der Waals surface area contributed by atoms with Crippen LogP contribution in [-0.4, -0.2) is 50.0 Å². The van der Waals surface area contributed by atoms with E-state index in [2.05, 4.69) is 43.8 Å². The zero-order valence-corrected chi connectivity index (χ0v) is 27.6. The van der Waals surface area contributed by atoms with Gasteiger partial charge >= 0.3 is 0 Å². The van der Waals surface area contributed by atoms with Gasteiger partial charge in [0, 0.05) is 27.1 Å². The summed E-state index contributed by atoms with van der Waals surface area (Å²) in [6.07, 6.45) is 6.52. The Labute approximate surface area is 265 Å². The Bertz CT molecular complexity index is 1410. The molecule has 1 fully saturated rings. The Morgan fingerprint density at radius 1 is 0.927 bits per heavy atom. The van der Waals surface area contributed by atoms with Gasteiger partial charge in [-0.05, 0) is 83.0 Å². The van der Waals surface area contributed by atoms with Crippen LogP contribution in [-0.2, 0) is 32.6 Å². The summed E-state index contributed by atoms with van der Waals surface area (Å²) in [7, 11) is -3.79. The number of halogens is 2. The number of nitrogens with zero attached hydrogens (tertiary/aromatic N) is 2. The molecule has 3 aromatic rings. The maximum absolute atomic E-state index is 14.2. The number of sulfonamides is 1. The van der Waals surface area contributed by atoms with Gasteiger partial charge < -0.3 is 10.2 Å². The normalized spacial score (nSPS) is 14.7. The van der Waals surface area contributed by atoms with E-state index in [9.17, 15) is 18.0 Å². The Balaban J connectivity index is 1.71. The Morgan fingerprint density at radius 2 is 1.56 bits per heavy atom. The highest BCUT2D eigenvalue weighted by Gasteiger charge is 2.34. The van der Waals surface area contributed by atoms with Crippen molar-refractivity contribution in [2.75, 3.05) is 17.1 Å². The molecule has 0 bridgehead atoms. The average Bonchev–Trinajstić information content (AvgIpc) is 2.95. The largest absolute Gasteiger partial charge is 0.352 e. The molecular weight excluding hydrogens is 717 g/mol. The summed E-state index contributed by atoms with van der Waals surface area (Å²) in [5.74, 6) is -0.664. The van der Waals surface area contributed by atoms with Crippen LogP contribution in [0.3, 0.4) is 0 Å². The summed E-state index contributed by atoms with van der Waals surface area (Å²) in [4.78, 5) is 29.7. The van der Waals surface area contributed by atoms with E-state index in [0.717, 1.165) is 61.8 Å². The maximum atomic E-state index is 14.2. The molecule has 0 spiro atoms. The first-order valence-corrected chi connectivity index (χ1v) is 17.4. The quantitative estimate of drug-likeness (QED) is 0.247. The third kappa shape index (κ3) is 9.27. The van der Waals surface area contributed by atoms with Crippen LogP contribution in [0.5, 0.6) is 0 Å². The van der Waals surface area contributed by atoms with Crippen LogP contribution >= 0.6 is 38.5 Å². The lowest BCUT2D eigenvalue weighted by Gasteiger charge is -2.35. The molecule has 1 saturated carbocycles. The molecule has 0 aliphatic heterocycles. The van der Waals surface area contributed by atoms with Crippen molar-refractivity contribution >= 4 is 66.0 Å². The fraction of sp³-hybridized carbons (Fsp3) is 0.355. The SMILES string of the molecule is CS(=O)(=O)N(CC(=O)N(Cc1ccc(Br)cc1)C(Cc1ccccc1)C(=O)NC1CCCCC1)c1ccc(I)cc1. The molecule has 1 atom stereocenters. The van der Waals surface area contributed by atoms with E-state index in [1.54, 1.807) is 29.2 Å². The minimum atomic E-state index is -3.79. The van der Waals surface area contributed by atoms with Crippen molar-refractivity contribution in [3.8, 4) is 0 Å². The first-order valence-electron chi connectivity index (χ1n) is 13.7. The number of hydrogen-bond donors (Lipinski definition) is 1. The number of amides is 2. The number of benzene rings is 3. The number of carbonyl (C=O) groups is 2. The molecule has 2 amide bonds. The fourth-order valence-corrected chi connectivity index (χ4v) is 6.58. The molecule has 0 radical (unpaired) electrons. The molecule has 1 N–H and O–H groups in total. The summed E-state index contributed by atoms with van der Waals surface area (Å²) < 4.78 is 28.8. The summed E-state index contributed by atoms with van der Waals surface area (Å²) in [5.41, 5.74) is 2.16. The highest BCUT2D eigenvalue weighted by Crippen LogP contribution is 2.23. The molecule has 218 valence electrons. The Morgan fingerprint density at radius 3 is 2.17 bits per heavy atom. The topological polar surface area (TPSA) is 86.8 Å². The van der Waals surface area contributed by atoms with Crippen LogP contribution < -0.4 is 9.62 Å². The van der Waals surface area contributed by atoms with Crippen LogP contribution in [0.25, 0.3) is 0 Å². The van der Waals surface area contributed by atoms with E-state index in [4.69, 9.17) is 0 Å². The van der Waals surface area contributed by atoms with Gasteiger partial charge in [0.1, 0.15) is 12.6 Å². The van der Waals surface area contributed by atoms with Gasteiger partial charge in [0.15, 0.2) is 0 Å². The van der Waals surface area contributed by atoms with Crippen LogP contribution in [0, 0.1) is 3.57 Å². The highest BCUT2D eigenvalue weighted by atomic mass is 127. The molecule has 4 rings (SSSR count). The van der Waals surface area contributed by atoms with Crippen molar-refractivity contribution in [3.63, 3.8) is 0 Å². The van der Waals surface area contributed by atoms with E-state index in [1.807, 2.05) is 54.6 Å². The van der Waals surface area contributed by atoms with Gasteiger partial charge in [0.2, 0.25) is 21.8 Å². The highest BCUT2D eigenvalue weighted by molar-refractivity contribution is 14.1. The monoisotopic (exact) mass is 751 g/mol. The van der Waals surface area contributed by atoms with Crippen molar-refractivity contribution in [2.45, 2.75) is 57.2 Å². The second-order valence-corrected chi connectivity index (χ2v) is 14.5. The van der Waals surface area contributed by atoms with E-state index >= 15 is 0 Å². The zero-order valence-electron chi connectivity index (χ0n) is 23.0. The number of carbonyl (C=O) groups excluding carboxylic acids is 2. The Hall–Kier alpha value is -2.44. The van der Waals surface area contributed by atoms with Crippen LogP contribution in [0.15, 0.2) is 83.3 Å². The molecule has 0 heterocycles. The number of hydrogen-bond acceptors (Lipinski definition) is 4. The van der Waals surface area contributed by atoms with E-state index in [-0.39, 0.29) is 18.5 Å². The Kier molecular flexibility index (Phi) is 11.2. The minimum Gasteiger partial charge on any atom is -0.352 e. The third-order valence-corrected chi connectivity index (χ3v) is 9.67. The molecule has 0 saturated heterocycles. The number of rotatable bonds is 11. The molecule has 1 aliphatic rings. The van der Waals surface area contributed by atoms with Crippen molar-refractivity contribution in [1.29, 1.82) is 0 Å². The molecule has 3 aromatic carbocycles. The van der Waals surface area contributed by atoms with Crippen molar-refractivity contribution in [3.05, 3.63) is 98.0 Å². The molecule has 0 aromatic heterocycles. The maximum Gasteiger partial charge on any atom is 0.244 e. The van der Waals surface area contributed by atoms with E-state index in [1.165, 1.54) is 0 Å². The van der Waals surface area contributed by atoms with E-state index < -0.39 is 28.5 Å². The lowest BCUT2D eigenvalue weighted by Crippen LogP contribution is -2.55. The van der Waals surface area contributed by atoms with Crippen molar-refractivity contribution in [2.24, 2.45) is 0 Å². The van der Waals surface area contributed by atoms with Gasteiger partial charge in [-0.15, -0.1) is 0 Å². The first-order chi connectivity index (χ1) is 19.6. The predicted octanol–water partition coefficient (Wildman–Crippen LogP) is 5.91. The molecule has 10 heteroatoms. The van der Waals surface area contributed by atoms with Crippen LogP contribution in [0.1, 0.15) is 43.2 Å². The molecule has 41 heavy (non-hydrogen) atoms. The second-order valence-electron chi connectivity index (χ2n) is 10.4. The van der Waals surface area contributed by atoms with Crippen LogP contribution in [0.4, 0.5) is 5.69 Å². The van der Waals surface area contributed by atoms with E-state index in [0.29, 0.717) is 12.1 Å². The van der Waals surface area contributed by atoms with Crippen molar-refractivity contribution < 1.29 is 18.0 Å². The minimum absolute atomic E-state index is 0.0680. The van der Waals surface area contributed by atoms with Gasteiger partial charge in [0.05, 0.1) is 11.9 Å². The summed E-state index contributed by atoms with van der Waals surface area (Å²) >= 11 is 5.61. The van der Waals surface area contributed by atoms with Gasteiger partial charge in [0.25, 0.3) is 0 Å². The van der Waals surface area contributed by atoms with Crippen molar-refractivity contribution in [1.82, 2.24) is 10.2 Å². The van der Waals surface area contributed by atoms with Gasteiger partial charge in [-0.3, -0.25) is 13.9 Å². The van der Waals surface area contributed by atoms with Crippen LogP contribution in [0.2, 0.25) is 0 Å². The first kappa shape index (κ1) is 31.5. The predicted molar refractivity (Wildman–Crippen MR) is 175 cm³/mol. The van der Waals surface area contributed by atoms with Gasteiger partial charge in [-0.2, -0.15) is 0 Å². The molecular formula is C31H35BrIN3O4S. The molecule has 1 aliphatic carbocycles. The lowest BCUT2D eigenvalue weighted by molar-refractivity contribution is -0.140.